The number of para-hydroxylation sites is 1. The average Bonchev–Trinajstić information content (AvgIpc) is 3.30. The molecule has 0 radical (unpaired) electrons. The third-order valence-electron chi connectivity index (χ3n) is 4.84. The zero-order valence-electron chi connectivity index (χ0n) is 19.1. The van der Waals surface area contributed by atoms with Gasteiger partial charge in [-0.1, -0.05) is 18.2 Å². The first-order valence-corrected chi connectivity index (χ1v) is 12.0. The predicted molar refractivity (Wildman–Crippen MR) is 142 cm³/mol. The summed E-state index contributed by atoms with van der Waals surface area (Å²) < 4.78 is 30.7. The van der Waals surface area contributed by atoms with Gasteiger partial charge in [0.05, 0.1) is 16.4 Å². The second kappa shape index (κ2) is 11.7. The van der Waals surface area contributed by atoms with E-state index in [1.165, 1.54) is 30.5 Å². The number of anilines is 1. The lowest BCUT2D eigenvalue weighted by molar-refractivity contribution is -0.118. The Kier molecular flexibility index (Phi) is 8.16. The maximum absolute atomic E-state index is 13.0. The molecule has 0 saturated carbocycles. The molecule has 8 nitrogen and oxygen atoms in total. The third-order valence-corrected chi connectivity index (χ3v) is 5.64. The van der Waals surface area contributed by atoms with Gasteiger partial charge in [0, 0.05) is 11.1 Å². The van der Waals surface area contributed by atoms with Crippen molar-refractivity contribution in [3.05, 3.63) is 87.4 Å². The molecule has 0 unspecified atom stereocenters. The van der Waals surface area contributed by atoms with Crippen LogP contribution in [-0.2, 0) is 4.79 Å². The van der Waals surface area contributed by atoms with Crippen LogP contribution in [0.4, 0.5) is 10.1 Å². The lowest BCUT2D eigenvalue weighted by atomic mass is 10.2. The molecule has 184 valence electrons. The van der Waals surface area contributed by atoms with Gasteiger partial charge in [0.15, 0.2) is 23.9 Å². The van der Waals surface area contributed by atoms with Crippen LogP contribution in [0.25, 0.3) is 11.0 Å². The quantitative estimate of drug-likeness (QED) is 0.153. The minimum Gasteiger partial charge on any atom is -0.490 e. The van der Waals surface area contributed by atoms with Crippen molar-refractivity contribution in [3.63, 3.8) is 0 Å². The van der Waals surface area contributed by atoms with Crippen LogP contribution in [0.1, 0.15) is 23.0 Å². The SMILES string of the molecule is CCOc1cc(/C=N/NC(=O)c2cc3ccccc3o2)cc(I)c1OCC(=O)Nc1ccc(F)cc1. The summed E-state index contributed by atoms with van der Waals surface area (Å²) in [5, 5.41) is 7.48. The summed E-state index contributed by atoms with van der Waals surface area (Å²) in [6.07, 6.45) is 1.47. The fourth-order valence-corrected chi connectivity index (χ4v) is 4.03. The Labute approximate surface area is 219 Å². The zero-order chi connectivity index (χ0) is 25.5. The maximum Gasteiger partial charge on any atom is 0.307 e. The minimum absolute atomic E-state index is 0.153. The summed E-state index contributed by atoms with van der Waals surface area (Å²) in [7, 11) is 0. The minimum atomic E-state index is -0.478. The highest BCUT2D eigenvalue weighted by Crippen LogP contribution is 2.34. The predicted octanol–water partition coefficient (Wildman–Crippen LogP) is 5.36. The maximum atomic E-state index is 13.0. The lowest BCUT2D eigenvalue weighted by Gasteiger charge is -2.14. The fraction of sp³-hybridized carbons (Fsp3) is 0.115. The number of furan rings is 1. The second-order valence-corrected chi connectivity index (χ2v) is 8.62. The van der Waals surface area contributed by atoms with Crippen molar-refractivity contribution < 1.29 is 27.9 Å². The monoisotopic (exact) mass is 601 g/mol. The lowest BCUT2D eigenvalue weighted by Crippen LogP contribution is -2.20. The van der Waals surface area contributed by atoms with E-state index in [1.807, 2.05) is 25.1 Å². The first-order chi connectivity index (χ1) is 17.4. The summed E-state index contributed by atoms with van der Waals surface area (Å²) >= 11 is 2.07. The van der Waals surface area contributed by atoms with Crippen LogP contribution in [0, 0.1) is 9.39 Å². The average molecular weight is 601 g/mol. The van der Waals surface area contributed by atoms with Gasteiger partial charge >= 0.3 is 5.91 Å². The number of hydrogen-bond donors (Lipinski definition) is 2. The van der Waals surface area contributed by atoms with E-state index in [-0.39, 0.29) is 12.4 Å². The molecule has 0 fully saturated rings. The molecule has 10 heteroatoms. The Balaban J connectivity index is 1.40. The van der Waals surface area contributed by atoms with Gasteiger partial charge in [0.25, 0.3) is 5.91 Å². The Hall–Kier alpha value is -3.93. The number of rotatable bonds is 9. The first kappa shape index (κ1) is 25.2. The van der Waals surface area contributed by atoms with E-state index in [1.54, 1.807) is 24.3 Å². The number of ether oxygens (including phenoxy) is 2. The number of carbonyl (C=O) groups excluding carboxylic acids is 2. The highest BCUT2D eigenvalue weighted by atomic mass is 127. The molecular formula is C26H21FIN3O5. The molecule has 0 aliphatic carbocycles. The van der Waals surface area contributed by atoms with Gasteiger partial charge in [-0.15, -0.1) is 0 Å². The summed E-state index contributed by atoms with van der Waals surface area (Å²) in [5.41, 5.74) is 4.17. The molecule has 0 aliphatic heterocycles. The number of halogens is 2. The molecule has 1 heterocycles. The summed E-state index contributed by atoms with van der Waals surface area (Å²) in [6, 6.07) is 17.9. The number of hydrogen-bond acceptors (Lipinski definition) is 6. The van der Waals surface area contributed by atoms with E-state index in [2.05, 4.69) is 38.4 Å². The number of hydrazone groups is 1. The largest absolute Gasteiger partial charge is 0.490 e. The Morgan fingerprint density at radius 1 is 1.08 bits per heavy atom. The van der Waals surface area contributed by atoms with Crippen LogP contribution in [0.15, 0.2) is 76.2 Å². The van der Waals surface area contributed by atoms with Crippen molar-refractivity contribution in [2.75, 3.05) is 18.5 Å². The van der Waals surface area contributed by atoms with E-state index >= 15 is 0 Å². The molecule has 4 aromatic rings. The van der Waals surface area contributed by atoms with Gasteiger partial charge in [0.2, 0.25) is 0 Å². The van der Waals surface area contributed by atoms with Crippen molar-refractivity contribution in [1.29, 1.82) is 0 Å². The molecule has 2 amide bonds. The topological polar surface area (TPSA) is 102 Å². The van der Waals surface area contributed by atoms with Crippen molar-refractivity contribution >= 4 is 57.3 Å². The van der Waals surface area contributed by atoms with Gasteiger partial charge in [-0.25, -0.2) is 9.82 Å². The van der Waals surface area contributed by atoms with Gasteiger partial charge in [0.1, 0.15) is 11.4 Å². The molecule has 3 aromatic carbocycles. The highest BCUT2D eigenvalue weighted by molar-refractivity contribution is 14.1. The molecule has 0 aliphatic rings. The third kappa shape index (κ3) is 6.39. The van der Waals surface area contributed by atoms with Crippen molar-refractivity contribution in [2.45, 2.75) is 6.92 Å². The van der Waals surface area contributed by atoms with Crippen molar-refractivity contribution in [2.24, 2.45) is 5.10 Å². The first-order valence-electron chi connectivity index (χ1n) is 10.9. The molecule has 4 rings (SSSR count). The Bertz CT molecular complexity index is 1390. The standard InChI is InChI=1S/C26H21FIN3O5/c1-2-34-22-12-16(14-29-31-26(33)23-13-17-5-3-4-6-21(17)36-23)11-20(28)25(22)35-15-24(32)30-19-9-7-18(27)8-10-19/h3-14H,2,15H2,1H3,(H,30,32)(H,31,33)/b29-14+. The number of fused-ring (bicyclic) bond motifs is 1. The van der Waals surface area contributed by atoms with E-state index in [0.717, 1.165) is 5.39 Å². The van der Waals surface area contributed by atoms with Crippen LogP contribution in [-0.4, -0.2) is 31.2 Å². The Morgan fingerprint density at radius 2 is 1.86 bits per heavy atom. The second-order valence-electron chi connectivity index (χ2n) is 7.45. The smallest absolute Gasteiger partial charge is 0.307 e. The molecule has 36 heavy (non-hydrogen) atoms. The van der Waals surface area contributed by atoms with E-state index in [9.17, 15) is 14.0 Å². The number of amides is 2. The van der Waals surface area contributed by atoms with Gasteiger partial charge in [-0.3, -0.25) is 9.59 Å². The molecule has 0 spiro atoms. The van der Waals surface area contributed by atoms with E-state index in [0.29, 0.717) is 38.5 Å². The van der Waals surface area contributed by atoms with Crippen LogP contribution in [0.5, 0.6) is 11.5 Å². The number of carbonyl (C=O) groups is 2. The zero-order valence-corrected chi connectivity index (χ0v) is 21.2. The molecular weight excluding hydrogens is 580 g/mol. The Morgan fingerprint density at radius 3 is 2.61 bits per heavy atom. The van der Waals surface area contributed by atoms with E-state index < -0.39 is 17.6 Å². The molecule has 0 atom stereocenters. The molecule has 0 bridgehead atoms. The highest BCUT2D eigenvalue weighted by Gasteiger charge is 2.15. The van der Waals surface area contributed by atoms with Gasteiger partial charge in [-0.2, -0.15) is 5.10 Å². The van der Waals surface area contributed by atoms with Gasteiger partial charge in [-0.05, 0) is 83.6 Å². The van der Waals surface area contributed by atoms with Crippen LogP contribution in [0.3, 0.4) is 0 Å². The molecule has 2 N–H and O–H groups in total. The number of benzene rings is 3. The van der Waals surface area contributed by atoms with Crippen LogP contribution < -0.4 is 20.2 Å². The van der Waals surface area contributed by atoms with Crippen molar-refractivity contribution in [1.82, 2.24) is 5.43 Å². The van der Waals surface area contributed by atoms with Gasteiger partial charge < -0.3 is 19.2 Å². The number of nitrogens with one attached hydrogen (secondary N) is 2. The number of nitrogens with zero attached hydrogens (tertiary/aromatic N) is 1. The summed E-state index contributed by atoms with van der Waals surface area (Å²) in [4.78, 5) is 24.6. The molecule has 0 saturated heterocycles. The van der Waals surface area contributed by atoms with Crippen LogP contribution >= 0.6 is 22.6 Å². The summed E-state index contributed by atoms with van der Waals surface area (Å²) in [6.45, 7) is 1.93. The summed E-state index contributed by atoms with van der Waals surface area (Å²) in [5.74, 6) is -0.300. The van der Waals surface area contributed by atoms with Crippen molar-refractivity contribution in [3.8, 4) is 11.5 Å². The van der Waals surface area contributed by atoms with E-state index in [4.69, 9.17) is 13.9 Å². The fourth-order valence-electron chi connectivity index (χ4n) is 3.25. The molecule has 1 aromatic heterocycles. The van der Waals surface area contributed by atoms with Crippen LogP contribution in [0.2, 0.25) is 0 Å². The normalized spacial score (nSPS) is 11.0.